The van der Waals surface area contributed by atoms with Crippen molar-refractivity contribution in [2.75, 3.05) is 14.2 Å². The molecule has 0 saturated carbocycles. The molecular weight excluding hydrogens is 234 g/mol. The number of phenolic OH excluding ortho intramolecular Hbond substituents is 1. The molecule has 0 aliphatic carbocycles. The van der Waals surface area contributed by atoms with Gasteiger partial charge in [-0.15, -0.1) is 12.4 Å². The Balaban J connectivity index is 0.00000225. The van der Waals surface area contributed by atoms with E-state index in [0.29, 0.717) is 5.75 Å². The zero-order valence-electron chi connectivity index (χ0n) is 8.97. The molecule has 90 valence electrons. The van der Waals surface area contributed by atoms with Crippen LogP contribution in [-0.4, -0.2) is 25.3 Å². The van der Waals surface area contributed by atoms with Crippen LogP contribution in [-0.2, 0) is 9.53 Å². The highest BCUT2D eigenvalue weighted by atomic mass is 35.5. The number of ether oxygens (including phenoxy) is 2. The molecule has 0 aromatic heterocycles. The van der Waals surface area contributed by atoms with Crippen LogP contribution >= 0.6 is 12.4 Å². The molecule has 0 saturated heterocycles. The molecule has 5 nitrogen and oxygen atoms in total. The van der Waals surface area contributed by atoms with Gasteiger partial charge in [0.05, 0.1) is 19.8 Å². The summed E-state index contributed by atoms with van der Waals surface area (Å²) in [5, 5.41) is 9.57. The molecule has 1 rings (SSSR count). The van der Waals surface area contributed by atoms with Crippen molar-refractivity contribution in [2.45, 2.75) is 6.04 Å². The second kappa shape index (κ2) is 6.19. The van der Waals surface area contributed by atoms with Gasteiger partial charge in [0, 0.05) is 0 Å². The third-order valence-corrected chi connectivity index (χ3v) is 2.03. The van der Waals surface area contributed by atoms with Gasteiger partial charge in [0.1, 0.15) is 17.5 Å². The van der Waals surface area contributed by atoms with E-state index in [4.69, 9.17) is 10.5 Å². The maximum absolute atomic E-state index is 11.2. The van der Waals surface area contributed by atoms with E-state index in [-0.39, 0.29) is 23.7 Å². The molecule has 0 aliphatic rings. The van der Waals surface area contributed by atoms with Gasteiger partial charge in [0.15, 0.2) is 0 Å². The summed E-state index contributed by atoms with van der Waals surface area (Å²) in [4.78, 5) is 11.2. The van der Waals surface area contributed by atoms with Gasteiger partial charge in [-0.05, 0) is 12.1 Å². The number of hydrogen-bond donors (Lipinski definition) is 2. The monoisotopic (exact) mass is 247 g/mol. The van der Waals surface area contributed by atoms with Crippen molar-refractivity contribution in [3.8, 4) is 11.5 Å². The molecule has 1 atom stereocenters. The van der Waals surface area contributed by atoms with Crippen LogP contribution in [0.1, 0.15) is 11.6 Å². The van der Waals surface area contributed by atoms with Crippen LogP contribution in [0.25, 0.3) is 0 Å². The fourth-order valence-electron chi connectivity index (χ4n) is 1.27. The number of halogens is 1. The zero-order valence-corrected chi connectivity index (χ0v) is 9.78. The van der Waals surface area contributed by atoms with Crippen molar-refractivity contribution >= 4 is 18.4 Å². The number of rotatable bonds is 3. The largest absolute Gasteiger partial charge is 0.507 e. The predicted octanol–water partition coefficient (Wildman–Crippen LogP) is 0.995. The first-order chi connectivity index (χ1) is 7.11. The van der Waals surface area contributed by atoms with Gasteiger partial charge >= 0.3 is 5.97 Å². The number of hydrogen-bond acceptors (Lipinski definition) is 5. The van der Waals surface area contributed by atoms with E-state index in [1.54, 1.807) is 12.1 Å². The Morgan fingerprint density at radius 1 is 1.44 bits per heavy atom. The Morgan fingerprint density at radius 3 is 2.56 bits per heavy atom. The van der Waals surface area contributed by atoms with E-state index in [2.05, 4.69) is 4.74 Å². The molecular formula is C10H14ClNO4. The minimum Gasteiger partial charge on any atom is -0.507 e. The average Bonchev–Trinajstić information content (AvgIpc) is 2.26. The molecule has 0 radical (unpaired) electrons. The summed E-state index contributed by atoms with van der Waals surface area (Å²) in [6.45, 7) is 0. The van der Waals surface area contributed by atoms with Crippen LogP contribution in [0.2, 0.25) is 0 Å². The van der Waals surface area contributed by atoms with Crippen molar-refractivity contribution in [1.29, 1.82) is 0 Å². The summed E-state index contributed by atoms with van der Waals surface area (Å²) in [5.41, 5.74) is 5.84. The number of benzene rings is 1. The summed E-state index contributed by atoms with van der Waals surface area (Å²) >= 11 is 0. The third-order valence-electron chi connectivity index (χ3n) is 2.03. The maximum Gasteiger partial charge on any atom is 0.327 e. The number of carbonyl (C=O) groups excluding carboxylic acids is 1. The van der Waals surface area contributed by atoms with E-state index in [1.807, 2.05) is 0 Å². The van der Waals surface area contributed by atoms with Crippen molar-refractivity contribution in [2.24, 2.45) is 5.73 Å². The lowest BCUT2D eigenvalue weighted by molar-refractivity contribution is -0.142. The summed E-state index contributed by atoms with van der Waals surface area (Å²) in [7, 11) is 2.66. The molecule has 16 heavy (non-hydrogen) atoms. The lowest BCUT2D eigenvalue weighted by atomic mass is 10.1. The quantitative estimate of drug-likeness (QED) is 0.779. The molecule has 6 heteroatoms. The number of esters is 1. The van der Waals surface area contributed by atoms with E-state index >= 15 is 0 Å². The summed E-state index contributed by atoms with van der Waals surface area (Å²) in [6, 6.07) is 3.59. The first kappa shape index (κ1) is 14.5. The second-order valence-corrected chi connectivity index (χ2v) is 2.89. The predicted molar refractivity (Wildman–Crippen MR) is 60.9 cm³/mol. The Hall–Kier alpha value is -1.46. The topological polar surface area (TPSA) is 81.8 Å². The first-order valence-electron chi connectivity index (χ1n) is 4.31. The highest BCUT2D eigenvalue weighted by molar-refractivity contribution is 5.85. The van der Waals surface area contributed by atoms with Crippen LogP contribution in [0.4, 0.5) is 0 Å². The maximum atomic E-state index is 11.2. The molecule has 0 spiro atoms. The molecule has 0 amide bonds. The fraction of sp³-hybridized carbons (Fsp3) is 0.300. The molecule has 0 bridgehead atoms. The molecule has 1 aromatic rings. The first-order valence-corrected chi connectivity index (χ1v) is 4.31. The lowest BCUT2D eigenvalue weighted by Gasteiger charge is -2.14. The van der Waals surface area contributed by atoms with Gasteiger partial charge in [0.25, 0.3) is 0 Å². The second-order valence-electron chi connectivity index (χ2n) is 2.89. The number of methoxy groups -OCH3 is 2. The normalized spacial score (nSPS) is 11.2. The van der Waals surface area contributed by atoms with Crippen molar-refractivity contribution in [3.05, 3.63) is 23.8 Å². The van der Waals surface area contributed by atoms with Gasteiger partial charge in [-0.2, -0.15) is 0 Å². The van der Waals surface area contributed by atoms with Gasteiger partial charge in [-0.25, -0.2) is 4.79 Å². The molecule has 0 unspecified atom stereocenters. The number of carbonyl (C=O) groups is 1. The van der Waals surface area contributed by atoms with Crippen LogP contribution in [0.3, 0.4) is 0 Å². The van der Waals surface area contributed by atoms with Crippen LogP contribution in [0.5, 0.6) is 11.5 Å². The molecule has 3 N–H and O–H groups in total. The molecule has 0 fully saturated rings. The summed E-state index contributed by atoms with van der Waals surface area (Å²) in [5.74, 6) is -0.366. The number of nitrogens with two attached hydrogens (primary N) is 1. The number of phenols is 1. The highest BCUT2D eigenvalue weighted by Gasteiger charge is 2.23. The van der Waals surface area contributed by atoms with Crippen molar-refractivity contribution in [3.63, 3.8) is 0 Å². The molecule has 0 aliphatic heterocycles. The Bertz CT molecular complexity index is 370. The molecule has 0 heterocycles. The van der Waals surface area contributed by atoms with E-state index in [1.165, 1.54) is 20.3 Å². The Morgan fingerprint density at radius 2 is 2.06 bits per heavy atom. The third kappa shape index (κ3) is 2.77. The number of aromatic hydroxyl groups is 1. The minimum absolute atomic E-state index is 0. The van der Waals surface area contributed by atoms with E-state index in [0.717, 1.165) is 0 Å². The van der Waals surface area contributed by atoms with Gasteiger partial charge < -0.3 is 20.3 Å². The van der Waals surface area contributed by atoms with E-state index < -0.39 is 12.0 Å². The summed E-state index contributed by atoms with van der Waals surface area (Å²) in [6.07, 6.45) is 0. The smallest absolute Gasteiger partial charge is 0.327 e. The summed E-state index contributed by atoms with van der Waals surface area (Å²) < 4.78 is 9.48. The highest BCUT2D eigenvalue weighted by Crippen LogP contribution is 2.32. The van der Waals surface area contributed by atoms with Crippen LogP contribution in [0, 0.1) is 0 Å². The van der Waals surface area contributed by atoms with Crippen molar-refractivity contribution < 1.29 is 19.4 Å². The Labute approximate surface area is 99.6 Å². The lowest BCUT2D eigenvalue weighted by Crippen LogP contribution is -2.23. The van der Waals surface area contributed by atoms with E-state index in [9.17, 15) is 9.90 Å². The van der Waals surface area contributed by atoms with Crippen LogP contribution in [0.15, 0.2) is 18.2 Å². The fourth-order valence-corrected chi connectivity index (χ4v) is 1.27. The molecule has 1 aromatic carbocycles. The van der Waals surface area contributed by atoms with Gasteiger partial charge in [-0.3, -0.25) is 0 Å². The van der Waals surface area contributed by atoms with Crippen LogP contribution < -0.4 is 10.5 Å². The Kier molecular flexibility index (Phi) is 5.63. The van der Waals surface area contributed by atoms with Crippen molar-refractivity contribution in [1.82, 2.24) is 0 Å². The SMILES string of the molecule is COC(=O)[C@@H](N)c1c(O)cccc1OC.Cl. The standard InChI is InChI=1S/C10H13NO4.ClH/c1-14-7-5-3-4-6(12)8(7)9(11)10(13)15-2;/h3-5,9,12H,11H2,1-2H3;1H/t9-;/m0./s1. The van der Waals surface area contributed by atoms with Gasteiger partial charge in [-0.1, -0.05) is 6.07 Å². The zero-order chi connectivity index (χ0) is 11.4. The average molecular weight is 248 g/mol. The minimum atomic E-state index is -1.05. The van der Waals surface area contributed by atoms with Gasteiger partial charge in [0.2, 0.25) is 0 Å².